The molecule has 0 radical (unpaired) electrons. The van der Waals surface area contributed by atoms with Gasteiger partial charge in [-0.2, -0.15) is 0 Å². The molecule has 1 aromatic carbocycles. The van der Waals surface area contributed by atoms with Gasteiger partial charge < -0.3 is 20.0 Å². The van der Waals surface area contributed by atoms with Crippen molar-refractivity contribution in [1.82, 2.24) is 5.32 Å². The first kappa shape index (κ1) is 17.7. The van der Waals surface area contributed by atoms with E-state index in [0.717, 1.165) is 0 Å². The summed E-state index contributed by atoms with van der Waals surface area (Å²) < 4.78 is 4.45. The first-order valence-corrected chi connectivity index (χ1v) is 5.33. The van der Waals surface area contributed by atoms with Crippen LogP contribution in [0.3, 0.4) is 0 Å². The summed E-state index contributed by atoms with van der Waals surface area (Å²) >= 11 is 0. The predicted octanol–water partition coefficient (Wildman–Crippen LogP) is -2.85. The van der Waals surface area contributed by atoms with E-state index in [2.05, 4.69) is 10.1 Å². The molecule has 0 fully saturated rings. The second-order valence-electron chi connectivity index (χ2n) is 3.66. The van der Waals surface area contributed by atoms with Crippen LogP contribution >= 0.6 is 0 Å². The standard InChI is InChI=1S/C13H15NO4.Na/c1-9(8-11(15)18-2)14-12(13(16)17)10-6-4-3-5-7-10;/h3-8,12,14H,1-2H3,(H,16,17);/q;+1/p-1/b9-8+;/t12-;/m1./s1. The van der Waals surface area contributed by atoms with Crippen molar-refractivity contribution in [2.45, 2.75) is 13.0 Å². The minimum absolute atomic E-state index is 0. The van der Waals surface area contributed by atoms with Crippen LogP contribution in [-0.2, 0) is 14.3 Å². The zero-order chi connectivity index (χ0) is 13.5. The minimum Gasteiger partial charge on any atom is -0.548 e. The fourth-order valence-electron chi connectivity index (χ4n) is 1.43. The van der Waals surface area contributed by atoms with E-state index in [4.69, 9.17) is 0 Å². The van der Waals surface area contributed by atoms with Gasteiger partial charge in [-0.05, 0) is 12.5 Å². The Kier molecular flexibility index (Phi) is 8.14. The average molecular weight is 271 g/mol. The topological polar surface area (TPSA) is 78.5 Å². The third kappa shape index (κ3) is 5.92. The van der Waals surface area contributed by atoms with Gasteiger partial charge in [-0.25, -0.2) is 4.79 Å². The number of rotatable bonds is 5. The van der Waals surface area contributed by atoms with Gasteiger partial charge in [0.2, 0.25) is 0 Å². The van der Waals surface area contributed by atoms with Gasteiger partial charge in [0.1, 0.15) is 0 Å². The fourth-order valence-corrected chi connectivity index (χ4v) is 1.43. The number of esters is 1. The molecule has 0 aliphatic heterocycles. The number of allylic oxidation sites excluding steroid dienone is 1. The molecule has 19 heavy (non-hydrogen) atoms. The molecule has 0 heterocycles. The Bertz CT molecular complexity index is 459. The molecular formula is C13H14NNaO4. The predicted molar refractivity (Wildman–Crippen MR) is 63.1 cm³/mol. The third-order valence-corrected chi connectivity index (χ3v) is 2.28. The summed E-state index contributed by atoms with van der Waals surface area (Å²) in [5.74, 6) is -1.82. The van der Waals surface area contributed by atoms with E-state index in [9.17, 15) is 14.7 Å². The van der Waals surface area contributed by atoms with Crippen LogP contribution in [0.5, 0.6) is 0 Å². The summed E-state index contributed by atoms with van der Waals surface area (Å²) in [7, 11) is 1.25. The van der Waals surface area contributed by atoms with Crippen LogP contribution in [0.15, 0.2) is 42.1 Å². The summed E-state index contributed by atoms with van der Waals surface area (Å²) in [4.78, 5) is 22.1. The summed E-state index contributed by atoms with van der Waals surface area (Å²) in [6.07, 6.45) is 1.18. The molecule has 1 N–H and O–H groups in total. The molecule has 0 aliphatic rings. The van der Waals surface area contributed by atoms with E-state index in [1.54, 1.807) is 37.3 Å². The molecular weight excluding hydrogens is 257 g/mol. The summed E-state index contributed by atoms with van der Waals surface area (Å²) in [6, 6.07) is 7.57. The largest absolute Gasteiger partial charge is 1.00 e. The maximum Gasteiger partial charge on any atom is 1.00 e. The Morgan fingerprint density at radius 3 is 2.37 bits per heavy atom. The van der Waals surface area contributed by atoms with E-state index < -0.39 is 18.0 Å². The maximum absolute atomic E-state index is 11.1. The molecule has 0 aromatic heterocycles. The second-order valence-corrected chi connectivity index (χ2v) is 3.66. The number of methoxy groups -OCH3 is 1. The van der Waals surface area contributed by atoms with Gasteiger partial charge in [0.15, 0.2) is 0 Å². The Balaban J connectivity index is 0.00000324. The molecule has 0 bridgehead atoms. The van der Waals surface area contributed by atoms with Crippen LogP contribution in [0.1, 0.15) is 18.5 Å². The molecule has 96 valence electrons. The number of hydrogen-bond acceptors (Lipinski definition) is 5. The van der Waals surface area contributed by atoms with Gasteiger partial charge in [0.25, 0.3) is 0 Å². The molecule has 0 unspecified atom stereocenters. The summed E-state index contributed by atoms with van der Waals surface area (Å²) in [5.41, 5.74) is 0.940. The number of ether oxygens (including phenoxy) is 1. The molecule has 1 aromatic rings. The van der Waals surface area contributed by atoms with Gasteiger partial charge in [-0.3, -0.25) is 0 Å². The Morgan fingerprint density at radius 1 is 1.32 bits per heavy atom. The fraction of sp³-hybridized carbons (Fsp3) is 0.231. The monoisotopic (exact) mass is 271 g/mol. The van der Waals surface area contributed by atoms with Crippen LogP contribution in [0.2, 0.25) is 0 Å². The number of benzene rings is 1. The molecule has 5 nitrogen and oxygen atoms in total. The maximum atomic E-state index is 11.1. The van der Waals surface area contributed by atoms with Crippen molar-refractivity contribution >= 4 is 11.9 Å². The minimum atomic E-state index is -1.26. The van der Waals surface area contributed by atoms with Crippen LogP contribution in [-0.4, -0.2) is 19.0 Å². The Hall–Kier alpha value is -1.30. The number of nitrogens with one attached hydrogen (secondary N) is 1. The van der Waals surface area contributed by atoms with Gasteiger partial charge in [0.05, 0.1) is 19.1 Å². The number of aliphatic carboxylic acids is 1. The van der Waals surface area contributed by atoms with E-state index >= 15 is 0 Å². The summed E-state index contributed by atoms with van der Waals surface area (Å²) in [5, 5.41) is 13.8. The number of carboxylic acids is 1. The zero-order valence-electron chi connectivity index (χ0n) is 11.2. The number of carbonyl (C=O) groups excluding carboxylic acids is 2. The molecule has 0 amide bonds. The third-order valence-electron chi connectivity index (χ3n) is 2.28. The van der Waals surface area contributed by atoms with Gasteiger partial charge >= 0.3 is 35.5 Å². The Labute approximate surface area is 133 Å². The van der Waals surface area contributed by atoms with Crippen molar-refractivity contribution in [2.24, 2.45) is 0 Å². The Morgan fingerprint density at radius 2 is 1.89 bits per heavy atom. The van der Waals surface area contributed by atoms with Crippen LogP contribution < -0.4 is 40.0 Å². The molecule has 1 rings (SSSR count). The zero-order valence-corrected chi connectivity index (χ0v) is 13.2. The van der Waals surface area contributed by atoms with E-state index in [0.29, 0.717) is 11.3 Å². The van der Waals surface area contributed by atoms with Crippen molar-refractivity contribution in [3.8, 4) is 0 Å². The molecule has 0 spiro atoms. The van der Waals surface area contributed by atoms with Crippen molar-refractivity contribution in [1.29, 1.82) is 0 Å². The quantitative estimate of drug-likeness (QED) is 0.354. The van der Waals surface area contributed by atoms with E-state index in [-0.39, 0.29) is 29.6 Å². The smallest absolute Gasteiger partial charge is 0.548 e. The SMILES string of the molecule is COC(=O)/C=C(\C)N[C@@H](C(=O)[O-])c1ccccc1.[Na+]. The first-order chi connectivity index (χ1) is 8.54. The van der Waals surface area contributed by atoms with E-state index in [1.807, 2.05) is 0 Å². The average Bonchev–Trinajstić information content (AvgIpc) is 2.36. The molecule has 1 atom stereocenters. The number of carbonyl (C=O) groups is 2. The van der Waals surface area contributed by atoms with Crippen molar-refractivity contribution in [3.63, 3.8) is 0 Å². The van der Waals surface area contributed by atoms with Crippen LogP contribution in [0.4, 0.5) is 0 Å². The van der Waals surface area contributed by atoms with Crippen molar-refractivity contribution < 1.29 is 49.0 Å². The van der Waals surface area contributed by atoms with Crippen LogP contribution in [0, 0.1) is 0 Å². The van der Waals surface area contributed by atoms with Crippen molar-refractivity contribution in [3.05, 3.63) is 47.7 Å². The number of hydrogen-bond donors (Lipinski definition) is 1. The molecule has 0 saturated carbocycles. The summed E-state index contributed by atoms with van der Waals surface area (Å²) in [6.45, 7) is 1.58. The van der Waals surface area contributed by atoms with Crippen LogP contribution in [0.25, 0.3) is 0 Å². The molecule has 0 aliphatic carbocycles. The normalized spacial score (nSPS) is 12.0. The first-order valence-electron chi connectivity index (χ1n) is 5.33. The second kappa shape index (κ2) is 8.74. The van der Waals surface area contributed by atoms with Gasteiger partial charge in [-0.1, -0.05) is 30.3 Å². The van der Waals surface area contributed by atoms with Crippen molar-refractivity contribution in [2.75, 3.05) is 7.11 Å². The molecule has 6 heteroatoms. The number of carboxylic acid groups (broad SMARTS) is 1. The van der Waals surface area contributed by atoms with Gasteiger partial charge in [0, 0.05) is 11.8 Å². The van der Waals surface area contributed by atoms with Gasteiger partial charge in [-0.15, -0.1) is 0 Å². The van der Waals surface area contributed by atoms with E-state index in [1.165, 1.54) is 13.2 Å². The molecule has 0 saturated heterocycles.